The first-order valence-corrected chi connectivity index (χ1v) is 5.38. The second-order valence-electron chi connectivity index (χ2n) is 2.27. The number of isocyanates is 1. The molecule has 0 radical (unpaired) electrons. The van der Waals surface area contributed by atoms with Crippen LogP contribution in [0, 0.1) is 0 Å². The van der Waals surface area contributed by atoms with Crippen LogP contribution in [0.15, 0.2) is 4.99 Å². The lowest BCUT2D eigenvalue weighted by molar-refractivity contribution is -0.144. The highest BCUT2D eigenvalue weighted by Crippen LogP contribution is 2.05. The van der Waals surface area contributed by atoms with Gasteiger partial charge in [0, 0.05) is 0 Å². The summed E-state index contributed by atoms with van der Waals surface area (Å²) < 4.78 is 4.73. The van der Waals surface area contributed by atoms with E-state index < -0.39 is 12.0 Å². The topological polar surface area (TPSA) is 55.7 Å². The number of aliphatic imine (C=N–C) groups is 1. The maximum Gasteiger partial charge on any atom is 0.331 e. The predicted molar refractivity (Wildman–Crippen MR) is 51.5 cm³/mol. The molecule has 0 bridgehead atoms. The Kier molecular flexibility index (Phi) is 7.35. The van der Waals surface area contributed by atoms with Crippen LogP contribution in [0.1, 0.15) is 13.3 Å². The maximum absolute atomic E-state index is 11.1. The number of hydrogen-bond acceptors (Lipinski definition) is 5. The highest BCUT2D eigenvalue weighted by molar-refractivity contribution is 7.98. The number of carbonyl (C=O) groups excluding carboxylic acids is 2. The summed E-state index contributed by atoms with van der Waals surface area (Å²) in [5.74, 6) is 0.328. The zero-order valence-electron chi connectivity index (χ0n) is 7.78. The average Bonchev–Trinajstić information content (AvgIpc) is 2.12. The fourth-order valence-electron chi connectivity index (χ4n) is 0.767. The smallest absolute Gasteiger partial charge is 0.331 e. The van der Waals surface area contributed by atoms with Gasteiger partial charge in [0.05, 0.1) is 6.61 Å². The average molecular weight is 203 g/mol. The minimum absolute atomic E-state index is 0.309. The molecule has 0 aliphatic heterocycles. The lowest BCUT2D eigenvalue weighted by atomic mass is 10.2. The van der Waals surface area contributed by atoms with Gasteiger partial charge in [-0.25, -0.2) is 9.59 Å². The molecule has 0 saturated carbocycles. The molecule has 0 spiro atoms. The lowest BCUT2D eigenvalue weighted by Gasteiger charge is -2.07. The van der Waals surface area contributed by atoms with E-state index in [0.717, 1.165) is 5.75 Å². The van der Waals surface area contributed by atoms with E-state index in [2.05, 4.69) is 4.99 Å². The van der Waals surface area contributed by atoms with Crippen LogP contribution in [0.4, 0.5) is 0 Å². The maximum atomic E-state index is 11.1. The molecule has 0 fully saturated rings. The van der Waals surface area contributed by atoms with Crippen LogP contribution in [-0.2, 0) is 14.3 Å². The van der Waals surface area contributed by atoms with E-state index >= 15 is 0 Å². The van der Waals surface area contributed by atoms with Crippen LogP contribution in [0.25, 0.3) is 0 Å². The van der Waals surface area contributed by atoms with Gasteiger partial charge < -0.3 is 4.74 Å². The quantitative estimate of drug-likeness (QED) is 0.367. The zero-order valence-corrected chi connectivity index (χ0v) is 8.60. The molecule has 0 aromatic heterocycles. The summed E-state index contributed by atoms with van der Waals surface area (Å²) in [5, 5.41) is 0. The number of nitrogens with zero attached hydrogens (tertiary/aromatic N) is 1. The van der Waals surface area contributed by atoms with Crippen LogP contribution in [0.5, 0.6) is 0 Å². The highest BCUT2D eigenvalue weighted by atomic mass is 32.2. The Bertz CT molecular complexity index is 202. The van der Waals surface area contributed by atoms with Crippen LogP contribution >= 0.6 is 11.8 Å². The molecule has 0 heterocycles. The van der Waals surface area contributed by atoms with Crippen molar-refractivity contribution >= 4 is 23.8 Å². The minimum atomic E-state index is -0.676. The first-order chi connectivity index (χ1) is 6.26. The second kappa shape index (κ2) is 7.83. The largest absolute Gasteiger partial charge is 0.464 e. The minimum Gasteiger partial charge on any atom is -0.464 e. The number of rotatable bonds is 6. The molecule has 0 rings (SSSR count). The Labute approximate surface area is 81.7 Å². The Morgan fingerprint density at radius 1 is 1.69 bits per heavy atom. The van der Waals surface area contributed by atoms with Gasteiger partial charge in [0.2, 0.25) is 6.08 Å². The number of carbonyl (C=O) groups is 1. The Hall–Kier alpha value is -0.800. The zero-order chi connectivity index (χ0) is 10.1. The summed E-state index contributed by atoms with van der Waals surface area (Å²) in [4.78, 5) is 24.5. The van der Waals surface area contributed by atoms with Crippen molar-refractivity contribution in [1.29, 1.82) is 0 Å². The van der Waals surface area contributed by atoms with Crippen molar-refractivity contribution in [3.8, 4) is 0 Å². The van der Waals surface area contributed by atoms with Gasteiger partial charge in [0.15, 0.2) is 6.04 Å². The van der Waals surface area contributed by atoms with Crippen LogP contribution in [-0.4, -0.2) is 36.7 Å². The van der Waals surface area contributed by atoms with E-state index in [1.165, 1.54) is 6.08 Å². The van der Waals surface area contributed by atoms with Crippen molar-refractivity contribution in [2.75, 3.05) is 18.6 Å². The molecule has 0 aromatic carbocycles. The van der Waals surface area contributed by atoms with Crippen LogP contribution in [0.2, 0.25) is 0 Å². The monoisotopic (exact) mass is 203 g/mol. The van der Waals surface area contributed by atoms with E-state index in [-0.39, 0.29) is 0 Å². The number of hydrogen-bond donors (Lipinski definition) is 0. The van der Waals surface area contributed by atoms with E-state index in [4.69, 9.17) is 4.74 Å². The van der Waals surface area contributed by atoms with Crippen LogP contribution < -0.4 is 0 Å². The molecule has 0 N–H and O–H groups in total. The van der Waals surface area contributed by atoms with Gasteiger partial charge in [-0.2, -0.15) is 16.8 Å². The third kappa shape index (κ3) is 5.44. The molecule has 5 heteroatoms. The number of esters is 1. The van der Waals surface area contributed by atoms with Gasteiger partial charge in [-0.1, -0.05) is 0 Å². The van der Waals surface area contributed by atoms with E-state index in [1.807, 2.05) is 6.26 Å². The third-order valence-electron chi connectivity index (χ3n) is 1.36. The Balaban J connectivity index is 4.06. The predicted octanol–water partition coefficient (Wildman–Crippen LogP) is 1.01. The Morgan fingerprint density at radius 3 is 2.85 bits per heavy atom. The van der Waals surface area contributed by atoms with Crippen molar-refractivity contribution < 1.29 is 14.3 Å². The highest BCUT2D eigenvalue weighted by Gasteiger charge is 2.17. The first kappa shape index (κ1) is 12.2. The molecular weight excluding hydrogens is 190 g/mol. The molecular formula is C8H13NO3S. The molecule has 0 unspecified atom stereocenters. The molecule has 0 aliphatic carbocycles. The molecule has 74 valence electrons. The number of thioether (sulfide) groups is 1. The van der Waals surface area contributed by atoms with E-state index in [0.29, 0.717) is 13.0 Å². The summed E-state index contributed by atoms with van der Waals surface area (Å²) in [6.45, 7) is 2.02. The lowest BCUT2D eigenvalue weighted by Crippen LogP contribution is -2.22. The number of ether oxygens (including phenoxy) is 1. The Morgan fingerprint density at radius 2 is 2.38 bits per heavy atom. The molecule has 13 heavy (non-hydrogen) atoms. The fraction of sp³-hybridized carbons (Fsp3) is 0.750. The summed E-state index contributed by atoms with van der Waals surface area (Å²) in [7, 11) is 0. The van der Waals surface area contributed by atoms with Crippen molar-refractivity contribution in [2.24, 2.45) is 4.99 Å². The second-order valence-corrected chi connectivity index (χ2v) is 3.26. The van der Waals surface area contributed by atoms with E-state index in [1.54, 1.807) is 18.7 Å². The van der Waals surface area contributed by atoms with Crippen molar-refractivity contribution in [2.45, 2.75) is 19.4 Å². The van der Waals surface area contributed by atoms with Gasteiger partial charge in [-0.05, 0) is 25.4 Å². The molecule has 0 aliphatic rings. The standard InChI is InChI=1S/C8H13NO3S/c1-3-12-8(11)7(9-6-10)4-5-13-2/h7H,3-5H2,1-2H3/t7-/m1/s1. The summed E-state index contributed by atoms with van der Waals surface area (Å²) in [5.41, 5.74) is 0. The SMILES string of the molecule is CCOC(=O)[C@@H](CCSC)N=C=O. The van der Waals surface area contributed by atoms with Crippen LogP contribution in [0.3, 0.4) is 0 Å². The summed E-state index contributed by atoms with van der Waals surface area (Å²) in [6.07, 6.45) is 3.83. The molecule has 0 saturated heterocycles. The molecule has 4 nitrogen and oxygen atoms in total. The molecule has 0 aromatic rings. The third-order valence-corrected chi connectivity index (χ3v) is 2.01. The van der Waals surface area contributed by atoms with E-state index in [9.17, 15) is 9.59 Å². The fourth-order valence-corrected chi connectivity index (χ4v) is 1.23. The van der Waals surface area contributed by atoms with Crippen molar-refractivity contribution in [3.63, 3.8) is 0 Å². The van der Waals surface area contributed by atoms with Gasteiger partial charge in [0.1, 0.15) is 0 Å². The van der Waals surface area contributed by atoms with Gasteiger partial charge in [-0.3, -0.25) is 0 Å². The van der Waals surface area contributed by atoms with Gasteiger partial charge >= 0.3 is 5.97 Å². The normalized spacial score (nSPS) is 11.5. The molecule has 1 atom stereocenters. The van der Waals surface area contributed by atoms with Crippen molar-refractivity contribution in [3.05, 3.63) is 0 Å². The first-order valence-electron chi connectivity index (χ1n) is 3.98. The summed E-state index contributed by atoms with van der Waals surface area (Å²) in [6, 6.07) is -0.676. The van der Waals surface area contributed by atoms with Gasteiger partial charge in [-0.15, -0.1) is 0 Å². The van der Waals surface area contributed by atoms with Crippen molar-refractivity contribution in [1.82, 2.24) is 0 Å². The molecule has 0 amide bonds. The van der Waals surface area contributed by atoms with Gasteiger partial charge in [0.25, 0.3) is 0 Å². The summed E-state index contributed by atoms with van der Waals surface area (Å²) >= 11 is 1.59.